The van der Waals surface area contributed by atoms with Crippen molar-refractivity contribution in [2.75, 3.05) is 13.1 Å². The lowest BCUT2D eigenvalue weighted by molar-refractivity contribution is -0.135. The molecule has 2 aromatic carbocycles. The number of nitrogens with zero attached hydrogens (tertiary/aromatic N) is 1. The molecule has 4 nitrogen and oxygen atoms in total. The van der Waals surface area contributed by atoms with Gasteiger partial charge in [0.25, 0.3) is 0 Å². The lowest BCUT2D eigenvalue weighted by atomic mass is 9.95. The van der Waals surface area contributed by atoms with Gasteiger partial charge in [-0.25, -0.2) is 0 Å². The molecule has 5 heteroatoms. The van der Waals surface area contributed by atoms with Crippen LogP contribution in [0.5, 0.6) is 0 Å². The molecule has 0 aromatic heterocycles. The Morgan fingerprint density at radius 2 is 1.86 bits per heavy atom. The van der Waals surface area contributed by atoms with Crippen molar-refractivity contribution in [3.8, 4) is 0 Å². The lowest BCUT2D eigenvalue weighted by Crippen LogP contribution is -2.46. The predicted molar refractivity (Wildman–Crippen MR) is 112 cm³/mol. The average molecular weight is 399 g/mol. The molecule has 2 amide bonds. The molecule has 1 aliphatic heterocycles. The molecule has 0 spiro atoms. The summed E-state index contributed by atoms with van der Waals surface area (Å²) in [5.74, 6) is -0.0396. The number of piperidine rings is 1. The second kappa shape index (κ2) is 9.74. The third-order valence-electron chi connectivity index (χ3n) is 5.34. The van der Waals surface area contributed by atoms with Gasteiger partial charge in [-0.15, -0.1) is 0 Å². The summed E-state index contributed by atoms with van der Waals surface area (Å²) in [6.45, 7) is 3.27. The minimum absolute atomic E-state index is 0.0269. The maximum absolute atomic E-state index is 12.9. The molecule has 28 heavy (non-hydrogen) atoms. The summed E-state index contributed by atoms with van der Waals surface area (Å²) < 4.78 is 0. The number of carbonyl (C=O) groups is 2. The third-order valence-corrected chi connectivity index (χ3v) is 5.59. The maximum Gasteiger partial charge on any atom is 0.227 e. The number of hydrogen-bond donors (Lipinski definition) is 1. The molecule has 2 unspecified atom stereocenters. The van der Waals surface area contributed by atoms with E-state index >= 15 is 0 Å². The summed E-state index contributed by atoms with van der Waals surface area (Å²) in [7, 11) is 0. The van der Waals surface area contributed by atoms with Gasteiger partial charge < -0.3 is 10.2 Å². The fraction of sp³-hybridized carbons (Fsp3) is 0.391. The molecule has 1 N–H and O–H groups in total. The normalized spacial score (nSPS) is 17.8. The number of rotatable bonds is 6. The van der Waals surface area contributed by atoms with E-state index in [1.807, 2.05) is 59.5 Å². The van der Waals surface area contributed by atoms with Crippen molar-refractivity contribution in [1.29, 1.82) is 0 Å². The lowest BCUT2D eigenvalue weighted by Gasteiger charge is -2.33. The highest BCUT2D eigenvalue weighted by Crippen LogP contribution is 2.22. The Balaban J connectivity index is 1.58. The van der Waals surface area contributed by atoms with Crippen molar-refractivity contribution in [1.82, 2.24) is 10.2 Å². The Labute approximate surface area is 171 Å². The van der Waals surface area contributed by atoms with Crippen LogP contribution in [0.25, 0.3) is 0 Å². The molecular formula is C23H27ClN2O2. The zero-order chi connectivity index (χ0) is 19.9. The number of carbonyl (C=O) groups excluding carboxylic acids is 2. The number of hydrogen-bond acceptors (Lipinski definition) is 2. The first-order valence-electron chi connectivity index (χ1n) is 9.94. The zero-order valence-electron chi connectivity index (χ0n) is 16.2. The fourth-order valence-electron chi connectivity index (χ4n) is 3.71. The Morgan fingerprint density at radius 3 is 2.54 bits per heavy atom. The van der Waals surface area contributed by atoms with Gasteiger partial charge in [0.2, 0.25) is 11.8 Å². The van der Waals surface area contributed by atoms with Crippen molar-refractivity contribution in [3.63, 3.8) is 0 Å². The first kappa shape index (κ1) is 20.4. The van der Waals surface area contributed by atoms with Crippen molar-refractivity contribution in [2.45, 2.75) is 38.6 Å². The van der Waals surface area contributed by atoms with Crippen molar-refractivity contribution < 1.29 is 9.59 Å². The van der Waals surface area contributed by atoms with Crippen LogP contribution in [0.2, 0.25) is 5.02 Å². The summed E-state index contributed by atoms with van der Waals surface area (Å²) in [5.41, 5.74) is 2.06. The van der Waals surface area contributed by atoms with Gasteiger partial charge in [-0.3, -0.25) is 9.59 Å². The van der Waals surface area contributed by atoms with E-state index in [4.69, 9.17) is 11.6 Å². The molecule has 2 aromatic rings. The van der Waals surface area contributed by atoms with Crippen LogP contribution in [-0.2, 0) is 16.0 Å². The van der Waals surface area contributed by atoms with Crippen LogP contribution in [0.15, 0.2) is 54.6 Å². The van der Waals surface area contributed by atoms with E-state index in [-0.39, 0.29) is 23.8 Å². The number of likely N-dealkylation sites (tertiary alicyclic amines) is 1. The largest absolute Gasteiger partial charge is 0.349 e. The van der Waals surface area contributed by atoms with Crippen molar-refractivity contribution in [2.24, 2.45) is 5.92 Å². The SMILES string of the molecule is CCC(NC(=O)C1CCCN(C(=O)Cc2ccccc2)C1)c1ccc(Cl)cc1. The Kier molecular flexibility index (Phi) is 7.10. The number of benzene rings is 2. The van der Waals surface area contributed by atoms with E-state index in [1.165, 1.54) is 0 Å². The molecule has 148 valence electrons. The monoisotopic (exact) mass is 398 g/mol. The molecule has 0 aliphatic carbocycles. The molecule has 1 aliphatic rings. The molecule has 3 rings (SSSR count). The van der Waals surface area contributed by atoms with Crippen LogP contribution in [0.4, 0.5) is 0 Å². The van der Waals surface area contributed by atoms with Crippen LogP contribution in [-0.4, -0.2) is 29.8 Å². The summed E-state index contributed by atoms with van der Waals surface area (Å²) in [6, 6.07) is 17.3. The quantitative estimate of drug-likeness (QED) is 0.784. The standard InChI is InChI=1S/C23H27ClN2O2/c1-2-21(18-10-12-20(24)13-11-18)25-23(28)19-9-6-14-26(16-19)22(27)15-17-7-4-3-5-8-17/h3-5,7-8,10-13,19,21H,2,6,9,14-16H2,1H3,(H,25,28). The van der Waals surface area contributed by atoms with Gasteiger partial charge in [0.15, 0.2) is 0 Å². The Bertz CT molecular complexity index is 792. The summed E-state index contributed by atoms with van der Waals surface area (Å²) in [4.78, 5) is 27.3. The van der Waals surface area contributed by atoms with E-state index in [1.54, 1.807) is 0 Å². The summed E-state index contributed by atoms with van der Waals surface area (Å²) in [5, 5.41) is 3.85. The van der Waals surface area contributed by atoms with Crippen LogP contribution in [0.3, 0.4) is 0 Å². The highest BCUT2D eigenvalue weighted by Gasteiger charge is 2.29. The Morgan fingerprint density at radius 1 is 1.14 bits per heavy atom. The van der Waals surface area contributed by atoms with Crippen LogP contribution in [0, 0.1) is 5.92 Å². The fourth-order valence-corrected chi connectivity index (χ4v) is 3.83. The van der Waals surface area contributed by atoms with E-state index in [2.05, 4.69) is 12.2 Å². The second-order valence-electron chi connectivity index (χ2n) is 7.36. The van der Waals surface area contributed by atoms with E-state index in [0.29, 0.717) is 18.0 Å². The molecule has 2 atom stereocenters. The smallest absolute Gasteiger partial charge is 0.227 e. The first-order valence-corrected chi connectivity index (χ1v) is 10.3. The molecule has 0 bridgehead atoms. The summed E-state index contributed by atoms with van der Waals surface area (Å²) in [6.07, 6.45) is 2.86. The van der Waals surface area contributed by atoms with Gasteiger partial charge in [0.1, 0.15) is 0 Å². The minimum Gasteiger partial charge on any atom is -0.349 e. The van der Waals surface area contributed by atoms with Gasteiger partial charge >= 0.3 is 0 Å². The van der Waals surface area contributed by atoms with Gasteiger partial charge in [0, 0.05) is 18.1 Å². The minimum atomic E-state index is -0.158. The van der Waals surface area contributed by atoms with E-state index < -0.39 is 0 Å². The molecule has 1 heterocycles. The predicted octanol–water partition coefficient (Wildman–Crippen LogP) is 4.39. The highest BCUT2D eigenvalue weighted by molar-refractivity contribution is 6.30. The van der Waals surface area contributed by atoms with E-state index in [0.717, 1.165) is 36.9 Å². The number of halogens is 1. The van der Waals surface area contributed by atoms with E-state index in [9.17, 15) is 9.59 Å². The Hall–Kier alpha value is -2.33. The summed E-state index contributed by atoms with van der Waals surface area (Å²) >= 11 is 5.97. The molecule has 1 fully saturated rings. The average Bonchev–Trinajstić information content (AvgIpc) is 2.73. The molecular weight excluding hydrogens is 372 g/mol. The number of nitrogens with one attached hydrogen (secondary N) is 1. The molecule has 0 radical (unpaired) electrons. The van der Waals surface area contributed by atoms with Gasteiger partial charge in [-0.1, -0.05) is 61.0 Å². The third kappa shape index (κ3) is 5.35. The highest BCUT2D eigenvalue weighted by atomic mass is 35.5. The van der Waals surface area contributed by atoms with Gasteiger partial charge in [-0.2, -0.15) is 0 Å². The maximum atomic E-state index is 12.9. The van der Waals surface area contributed by atoms with Crippen LogP contribution in [0.1, 0.15) is 43.4 Å². The number of amides is 2. The topological polar surface area (TPSA) is 49.4 Å². The zero-order valence-corrected chi connectivity index (χ0v) is 17.0. The van der Waals surface area contributed by atoms with Gasteiger partial charge in [-0.05, 0) is 42.5 Å². The first-order chi connectivity index (χ1) is 13.6. The van der Waals surface area contributed by atoms with Crippen LogP contribution < -0.4 is 5.32 Å². The van der Waals surface area contributed by atoms with Gasteiger partial charge in [0.05, 0.1) is 18.4 Å². The van der Waals surface area contributed by atoms with Crippen LogP contribution >= 0.6 is 11.6 Å². The molecule has 1 saturated heterocycles. The van der Waals surface area contributed by atoms with Crippen molar-refractivity contribution >= 4 is 23.4 Å². The molecule has 0 saturated carbocycles. The second-order valence-corrected chi connectivity index (χ2v) is 7.80. The van der Waals surface area contributed by atoms with Crippen molar-refractivity contribution in [3.05, 3.63) is 70.7 Å².